The third kappa shape index (κ3) is 13.9. The van der Waals surface area contributed by atoms with Crippen molar-refractivity contribution in [1.82, 2.24) is 39.6 Å². The molecule has 8 heterocycles. The second-order valence-corrected chi connectivity index (χ2v) is 30.2. The third-order valence-corrected chi connectivity index (χ3v) is 22.9. The van der Waals surface area contributed by atoms with Gasteiger partial charge in [0.1, 0.15) is 26.9 Å². The molecule has 0 unspecified atom stereocenters. The Labute approximate surface area is 567 Å². The third-order valence-electron chi connectivity index (χ3n) is 19.8. The minimum absolute atomic E-state index is 0.0293. The number of hydrogen-bond acceptors (Lipinski definition) is 13. The van der Waals surface area contributed by atoms with Crippen LogP contribution in [0.1, 0.15) is 142 Å². The van der Waals surface area contributed by atoms with Gasteiger partial charge in [-0.3, -0.25) is 14.4 Å². The highest BCUT2D eigenvalue weighted by Gasteiger charge is 2.56. The van der Waals surface area contributed by atoms with E-state index >= 15 is 0 Å². The number of thioether (sulfide) groups is 2. The molecule has 488 valence electrons. The molecule has 4 saturated heterocycles. The van der Waals surface area contributed by atoms with Crippen molar-refractivity contribution in [1.29, 1.82) is 0 Å². The molecule has 3 amide bonds. The van der Waals surface area contributed by atoms with Gasteiger partial charge >= 0.3 is 5.97 Å². The number of carbonyl (C=O) groups excluding carboxylic acids is 3. The molecule has 0 spiro atoms. The summed E-state index contributed by atoms with van der Waals surface area (Å²) < 4.78 is 0. The van der Waals surface area contributed by atoms with Gasteiger partial charge in [-0.2, -0.15) is 0 Å². The lowest BCUT2D eigenvalue weighted by Gasteiger charge is -2.40. The average molecular weight is 1360 g/mol. The largest absolute Gasteiger partial charge is 0.477 e. The number of piperazine rings is 2. The number of nitrogens with one attached hydrogen (secondary N) is 1. The van der Waals surface area contributed by atoms with E-state index in [1.54, 1.807) is 0 Å². The van der Waals surface area contributed by atoms with E-state index in [9.17, 15) is 24.3 Å². The summed E-state index contributed by atoms with van der Waals surface area (Å²) in [6, 6.07) is 31.8. The molecular formula is C70H88Cl4N10O5S2. The van der Waals surface area contributed by atoms with Crippen LogP contribution in [-0.2, 0) is 30.3 Å². The van der Waals surface area contributed by atoms with Crippen LogP contribution in [0.2, 0.25) is 20.1 Å². The summed E-state index contributed by atoms with van der Waals surface area (Å²) >= 11 is 27.6. The molecule has 91 heavy (non-hydrogen) atoms. The fourth-order valence-electron chi connectivity index (χ4n) is 14.3. The van der Waals surface area contributed by atoms with Crippen LogP contribution < -0.4 is 5.32 Å². The summed E-state index contributed by atoms with van der Waals surface area (Å²) in [5.41, 5.74) is 4.66. The molecule has 10 atom stereocenters. The summed E-state index contributed by atoms with van der Waals surface area (Å²) in [6.45, 7) is 26.2. The molecule has 4 aromatic rings. The Hall–Kier alpha value is -5.08. The molecule has 0 saturated carbocycles. The summed E-state index contributed by atoms with van der Waals surface area (Å²) in [4.78, 5) is 79.5. The number of allylic oxidation sites excluding steroid dienone is 2. The maximum absolute atomic E-state index is 14.8. The van der Waals surface area contributed by atoms with Gasteiger partial charge in [0.05, 0.1) is 18.1 Å². The summed E-state index contributed by atoms with van der Waals surface area (Å²) in [6.07, 6.45) is 5.64. The number of carbonyl (C=O) groups is 4. The number of aliphatic imine (C=N–C) groups is 2. The Bertz CT molecular complexity index is 3480. The summed E-state index contributed by atoms with van der Waals surface area (Å²) in [7, 11) is 4.24. The van der Waals surface area contributed by atoms with Crippen molar-refractivity contribution in [3.05, 3.63) is 161 Å². The lowest BCUT2D eigenvalue weighted by Crippen LogP contribution is -2.57. The van der Waals surface area contributed by atoms with Crippen molar-refractivity contribution < 1.29 is 24.3 Å². The molecule has 0 aliphatic carbocycles. The smallest absolute Gasteiger partial charge is 0.344 e. The van der Waals surface area contributed by atoms with Crippen molar-refractivity contribution in [2.75, 3.05) is 53.4 Å². The Morgan fingerprint density at radius 2 is 1.00 bits per heavy atom. The average Bonchev–Trinajstić information content (AvgIpc) is 1.58. The van der Waals surface area contributed by atoms with Gasteiger partial charge in [0.25, 0.3) is 5.91 Å². The number of halogens is 4. The minimum Gasteiger partial charge on any atom is -0.477 e. The zero-order valence-electron chi connectivity index (χ0n) is 54.4. The van der Waals surface area contributed by atoms with Crippen molar-refractivity contribution in [2.24, 2.45) is 21.8 Å². The normalized spacial score (nSPS) is 28.3. The number of likely N-dealkylation sites (tertiary alicyclic amines) is 1. The predicted molar refractivity (Wildman–Crippen MR) is 373 cm³/mol. The number of rotatable bonds is 12. The van der Waals surface area contributed by atoms with Crippen LogP contribution >= 0.6 is 69.9 Å². The Morgan fingerprint density at radius 3 is 1.40 bits per heavy atom. The van der Waals surface area contributed by atoms with Gasteiger partial charge in [0, 0.05) is 94.9 Å². The standard InChI is InChI=1S/C35H43Cl2N5O2S.C22H20Cl2N2O2S.C13H25N3O/c1-7-27-16-17-28(32(43)40-19-18-39(6)22(4)20-40)41(27)33(44)30-29(21(2)3)42-31(23-8-12-25(36)13-9-23)35(5,38-34(42)45-30)24-10-14-26(37)15-11-24;1-12(2)17-18(20(27)28)29-21-25-22(3,14-6-10-16(24)11-7-14)19(26(17)21)13-4-8-15(23)9-5-13;1-4-11-5-6-12(14-11)13(17)16-8-7-15(3)10(2)9-16/h8-15,21-22,27-28,31H,7,16-20H2,1-6H3;4-12,19H,1-3H3,(H,27,28);10-12,14H,4-9H2,1-3H3/t22-,27-,28+,31-,35+;19-,22+;10-,11-,12+/m111/s1. The van der Waals surface area contributed by atoms with E-state index in [2.05, 4.69) is 107 Å². The molecule has 0 aromatic heterocycles. The van der Waals surface area contributed by atoms with Crippen LogP contribution in [0.3, 0.4) is 0 Å². The first kappa shape index (κ1) is 68.8. The van der Waals surface area contributed by atoms with E-state index in [0.717, 1.165) is 97.1 Å². The zero-order chi connectivity index (χ0) is 65.5. The fourth-order valence-corrected chi connectivity index (χ4v) is 17.4. The van der Waals surface area contributed by atoms with Crippen molar-refractivity contribution >= 4 is 104 Å². The first-order valence-electron chi connectivity index (χ1n) is 32.2. The molecule has 15 nitrogen and oxygen atoms in total. The van der Waals surface area contributed by atoms with E-state index in [-0.39, 0.29) is 47.8 Å². The SMILES string of the molecule is CC(C)C1=C(C(=O)O)SC2=N[C@@](C)(c3ccc(Cl)cc3)[C@@H](c3ccc(Cl)cc3)N21.CC[C@@H]1CC[C@@H](C(=O)N2CCN(C)[C@H](C)C2)N1.CC[C@@H]1CC[C@@H](C(=O)N2CCN(C)[C@H](C)C2)N1C(=O)C1=C(C(C)C)N2C(=N[C@@](C)(c3ccc(Cl)cc3)[C@H]2c2ccc(Cl)cc2)S1. The number of amides is 3. The maximum Gasteiger partial charge on any atom is 0.344 e. The fraction of sp³-hybridized carbons (Fsp3) is 0.514. The highest BCUT2D eigenvalue weighted by atomic mass is 35.5. The lowest BCUT2D eigenvalue weighted by molar-refractivity contribution is -0.145. The second-order valence-electron chi connectivity index (χ2n) is 26.5. The van der Waals surface area contributed by atoms with Gasteiger partial charge in [-0.15, -0.1) is 0 Å². The van der Waals surface area contributed by atoms with Crippen LogP contribution in [0.5, 0.6) is 0 Å². The first-order chi connectivity index (χ1) is 43.3. The number of nitrogens with zero attached hydrogens (tertiary/aromatic N) is 9. The van der Waals surface area contributed by atoms with Crippen LogP contribution in [0, 0.1) is 11.8 Å². The molecule has 4 aromatic carbocycles. The second kappa shape index (κ2) is 28.5. The number of carboxylic acids is 1. The number of likely N-dealkylation sites (N-methyl/N-ethyl adjacent to an activating group) is 2. The van der Waals surface area contributed by atoms with Gasteiger partial charge in [-0.1, -0.05) is 136 Å². The highest BCUT2D eigenvalue weighted by molar-refractivity contribution is 8.18. The predicted octanol–water partition coefficient (Wildman–Crippen LogP) is 14.2. The van der Waals surface area contributed by atoms with E-state index in [4.69, 9.17) is 56.4 Å². The molecular weight excluding hydrogens is 1270 g/mol. The van der Waals surface area contributed by atoms with E-state index in [1.807, 2.05) is 113 Å². The number of carboxylic acid groups (broad SMARTS) is 1. The van der Waals surface area contributed by atoms with Crippen LogP contribution in [-0.4, -0.2) is 163 Å². The number of hydrogen-bond donors (Lipinski definition) is 2. The van der Waals surface area contributed by atoms with Crippen LogP contribution in [0.25, 0.3) is 0 Å². The topological polar surface area (TPSA) is 148 Å². The first-order valence-corrected chi connectivity index (χ1v) is 35.4. The Kier molecular flexibility index (Phi) is 21.5. The molecule has 8 aliphatic heterocycles. The molecule has 2 N–H and O–H groups in total. The Morgan fingerprint density at radius 1 is 0.582 bits per heavy atom. The van der Waals surface area contributed by atoms with Gasteiger partial charge in [0.15, 0.2) is 10.3 Å². The summed E-state index contributed by atoms with van der Waals surface area (Å²) in [5.74, 6) is -0.486. The lowest BCUT2D eigenvalue weighted by atomic mass is 9.81. The monoisotopic (exact) mass is 1350 g/mol. The van der Waals surface area contributed by atoms with Gasteiger partial charge in [0.2, 0.25) is 11.8 Å². The number of amidine groups is 2. The molecule has 0 radical (unpaired) electrons. The molecule has 12 rings (SSSR count). The number of aliphatic carboxylic acids is 1. The quantitative estimate of drug-likeness (QED) is 0.139. The number of fused-ring (bicyclic) bond motifs is 2. The van der Waals surface area contributed by atoms with Crippen molar-refractivity contribution in [3.63, 3.8) is 0 Å². The molecule has 0 bridgehead atoms. The van der Waals surface area contributed by atoms with E-state index in [0.29, 0.717) is 78.6 Å². The van der Waals surface area contributed by atoms with Crippen LogP contribution in [0.15, 0.2) is 128 Å². The molecule has 4 fully saturated rings. The van der Waals surface area contributed by atoms with Crippen molar-refractivity contribution in [2.45, 2.75) is 167 Å². The van der Waals surface area contributed by atoms with Gasteiger partial charge in [-0.05, 0) is 186 Å². The van der Waals surface area contributed by atoms with E-state index in [1.165, 1.54) is 23.5 Å². The summed E-state index contributed by atoms with van der Waals surface area (Å²) in [5, 5.41) is 17.4. The highest BCUT2D eigenvalue weighted by Crippen LogP contribution is 2.58. The van der Waals surface area contributed by atoms with Crippen LogP contribution in [0.4, 0.5) is 0 Å². The minimum atomic E-state index is -0.918. The van der Waals surface area contributed by atoms with Gasteiger partial charge in [-0.25, -0.2) is 14.8 Å². The Balaban J connectivity index is 0.000000168. The number of benzene rings is 4. The zero-order valence-corrected chi connectivity index (χ0v) is 59.1. The van der Waals surface area contributed by atoms with E-state index < -0.39 is 23.1 Å². The van der Waals surface area contributed by atoms with Gasteiger partial charge < -0.3 is 44.7 Å². The molecule has 8 aliphatic rings. The maximum atomic E-state index is 14.8. The van der Waals surface area contributed by atoms with Crippen molar-refractivity contribution in [3.8, 4) is 0 Å². The molecule has 21 heteroatoms.